The van der Waals surface area contributed by atoms with E-state index in [4.69, 9.17) is 11.6 Å². The first-order valence-electron chi connectivity index (χ1n) is 7.88. The molecule has 0 atom stereocenters. The summed E-state index contributed by atoms with van der Waals surface area (Å²) in [6, 6.07) is 13.4. The zero-order chi connectivity index (χ0) is 18.7. The van der Waals surface area contributed by atoms with E-state index in [-0.39, 0.29) is 11.0 Å². The van der Waals surface area contributed by atoms with Gasteiger partial charge in [0.1, 0.15) is 6.54 Å². The quantitative estimate of drug-likeness (QED) is 0.724. The molecule has 8 heteroatoms. The van der Waals surface area contributed by atoms with Crippen molar-refractivity contribution in [2.75, 3.05) is 6.54 Å². The molecule has 0 saturated heterocycles. The maximum Gasteiger partial charge on any atom is 0.449 e. The van der Waals surface area contributed by atoms with E-state index < -0.39 is 24.5 Å². The van der Waals surface area contributed by atoms with Crippen molar-refractivity contribution in [1.29, 1.82) is 0 Å². The monoisotopic (exact) mass is 381 g/mol. The average Bonchev–Trinajstić information content (AvgIpc) is 2.96. The molecule has 0 fully saturated rings. The number of imidazole rings is 1. The summed E-state index contributed by atoms with van der Waals surface area (Å²) in [4.78, 5) is 15.7. The lowest BCUT2D eigenvalue weighted by Gasteiger charge is -2.11. The topological polar surface area (TPSA) is 46.9 Å². The van der Waals surface area contributed by atoms with Crippen LogP contribution in [0.3, 0.4) is 0 Å². The molecule has 0 aliphatic heterocycles. The molecule has 1 amide bonds. The van der Waals surface area contributed by atoms with Crippen LogP contribution in [-0.2, 0) is 23.9 Å². The number of rotatable bonds is 5. The smallest absolute Gasteiger partial charge is 0.354 e. The zero-order valence-corrected chi connectivity index (χ0v) is 14.3. The summed E-state index contributed by atoms with van der Waals surface area (Å²) >= 11 is 5.80. The Morgan fingerprint density at radius 2 is 1.81 bits per heavy atom. The average molecular weight is 382 g/mol. The van der Waals surface area contributed by atoms with E-state index in [0.29, 0.717) is 18.0 Å². The number of fused-ring (bicyclic) bond motifs is 1. The van der Waals surface area contributed by atoms with Crippen LogP contribution in [0.5, 0.6) is 0 Å². The predicted octanol–water partition coefficient (Wildman–Crippen LogP) is 4.07. The molecule has 0 unspecified atom stereocenters. The van der Waals surface area contributed by atoms with Crippen LogP contribution in [0.25, 0.3) is 11.0 Å². The minimum Gasteiger partial charge on any atom is -0.354 e. The molecule has 0 radical (unpaired) electrons. The SMILES string of the molecule is O=C(Cn1c(C(F)(F)F)nc2ccccc21)NCCc1ccc(Cl)cc1. The maximum absolute atomic E-state index is 13.2. The molecule has 136 valence electrons. The molecule has 0 spiro atoms. The Morgan fingerprint density at radius 1 is 1.12 bits per heavy atom. The zero-order valence-electron chi connectivity index (χ0n) is 13.6. The van der Waals surface area contributed by atoms with Gasteiger partial charge in [-0.05, 0) is 36.2 Å². The Morgan fingerprint density at radius 3 is 2.50 bits per heavy atom. The van der Waals surface area contributed by atoms with Gasteiger partial charge in [-0.2, -0.15) is 13.2 Å². The molecule has 1 heterocycles. The van der Waals surface area contributed by atoms with Gasteiger partial charge in [-0.3, -0.25) is 4.79 Å². The number of aromatic nitrogens is 2. The predicted molar refractivity (Wildman–Crippen MR) is 92.9 cm³/mol. The Labute approximate surface area is 152 Å². The van der Waals surface area contributed by atoms with Crippen molar-refractivity contribution in [3.05, 3.63) is 64.9 Å². The van der Waals surface area contributed by atoms with Gasteiger partial charge in [-0.1, -0.05) is 35.9 Å². The summed E-state index contributed by atoms with van der Waals surface area (Å²) < 4.78 is 40.5. The molecule has 4 nitrogen and oxygen atoms in total. The molecule has 0 bridgehead atoms. The van der Waals surface area contributed by atoms with E-state index in [2.05, 4.69) is 10.3 Å². The summed E-state index contributed by atoms with van der Waals surface area (Å²) in [6.07, 6.45) is -4.08. The number of hydrogen-bond acceptors (Lipinski definition) is 2. The van der Waals surface area contributed by atoms with E-state index in [9.17, 15) is 18.0 Å². The largest absolute Gasteiger partial charge is 0.449 e. The highest BCUT2D eigenvalue weighted by Gasteiger charge is 2.37. The Hall–Kier alpha value is -2.54. The number of carbonyl (C=O) groups excluding carboxylic acids is 1. The number of nitrogens with one attached hydrogen (secondary N) is 1. The van der Waals surface area contributed by atoms with Gasteiger partial charge in [0.05, 0.1) is 11.0 Å². The van der Waals surface area contributed by atoms with E-state index in [1.807, 2.05) is 12.1 Å². The van der Waals surface area contributed by atoms with Gasteiger partial charge in [-0.25, -0.2) is 4.98 Å². The number of hydrogen-bond donors (Lipinski definition) is 1. The van der Waals surface area contributed by atoms with Crippen molar-refractivity contribution in [3.8, 4) is 0 Å². The second-order valence-electron chi connectivity index (χ2n) is 5.73. The third-order valence-electron chi connectivity index (χ3n) is 3.86. The van der Waals surface area contributed by atoms with Crippen molar-refractivity contribution in [1.82, 2.24) is 14.9 Å². The summed E-state index contributed by atoms with van der Waals surface area (Å²) in [5.41, 5.74) is 1.44. The Bertz CT molecular complexity index is 920. The molecule has 1 N–H and O–H groups in total. The second-order valence-corrected chi connectivity index (χ2v) is 6.17. The highest BCUT2D eigenvalue weighted by molar-refractivity contribution is 6.30. The van der Waals surface area contributed by atoms with Gasteiger partial charge in [-0.15, -0.1) is 0 Å². The van der Waals surface area contributed by atoms with Crippen LogP contribution in [0.2, 0.25) is 5.02 Å². The van der Waals surface area contributed by atoms with Crippen LogP contribution in [0.1, 0.15) is 11.4 Å². The molecule has 0 aliphatic carbocycles. The number of benzene rings is 2. The Balaban J connectivity index is 1.69. The van der Waals surface area contributed by atoms with Crippen molar-refractivity contribution < 1.29 is 18.0 Å². The van der Waals surface area contributed by atoms with Crippen molar-refractivity contribution in [2.45, 2.75) is 19.1 Å². The van der Waals surface area contributed by atoms with E-state index in [1.165, 1.54) is 12.1 Å². The normalized spacial score (nSPS) is 11.7. The summed E-state index contributed by atoms with van der Waals surface area (Å²) in [6.45, 7) is -0.135. The molecule has 1 aromatic heterocycles. The Kier molecular flexibility index (Phi) is 5.18. The van der Waals surface area contributed by atoms with Gasteiger partial charge in [0.2, 0.25) is 11.7 Å². The van der Waals surface area contributed by atoms with Gasteiger partial charge in [0.25, 0.3) is 0 Å². The number of carbonyl (C=O) groups is 1. The summed E-state index contributed by atoms with van der Waals surface area (Å²) in [5, 5.41) is 3.25. The van der Waals surface area contributed by atoms with Crippen LogP contribution < -0.4 is 5.32 Å². The fourth-order valence-corrected chi connectivity index (χ4v) is 2.77. The summed E-state index contributed by atoms with van der Waals surface area (Å²) in [5.74, 6) is -1.58. The first kappa shape index (κ1) is 18.3. The number of halogens is 4. The van der Waals surface area contributed by atoms with Crippen molar-refractivity contribution >= 4 is 28.5 Å². The van der Waals surface area contributed by atoms with Crippen LogP contribution >= 0.6 is 11.6 Å². The molecule has 2 aromatic carbocycles. The minimum absolute atomic E-state index is 0.203. The van der Waals surface area contributed by atoms with Crippen molar-refractivity contribution in [2.24, 2.45) is 0 Å². The third kappa shape index (κ3) is 4.16. The van der Waals surface area contributed by atoms with E-state index in [0.717, 1.165) is 10.1 Å². The number of alkyl halides is 3. The van der Waals surface area contributed by atoms with Crippen LogP contribution in [-0.4, -0.2) is 22.0 Å². The number of nitrogens with zero attached hydrogens (tertiary/aromatic N) is 2. The van der Waals surface area contributed by atoms with Gasteiger partial charge >= 0.3 is 6.18 Å². The minimum atomic E-state index is -4.64. The third-order valence-corrected chi connectivity index (χ3v) is 4.11. The molecule has 3 rings (SSSR count). The van der Waals surface area contributed by atoms with E-state index in [1.54, 1.807) is 24.3 Å². The van der Waals surface area contributed by atoms with Crippen LogP contribution in [0.4, 0.5) is 13.2 Å². The molecular formula is C18H15ClF3N3O. The fourth-order valence-electron chi connectivity index (χ4n) is 2.65. The molecule has 3 aromatic rings. The standard InChI is InChI=1S/C18H15ClF3N3O/c19-13-7-5-12(6-8-13)9-10-23-16(26)11-25-15-4-2-1-3-14(15)24-17(25)18(20,21)22/h1-8H,9-11H2,(H,23,26). The lowest BCUT2D eigenvalue weighted by molar-refractivity contribution is -0.147. The van der Waals surface area contributed by atoms with Crippen molar-refractivity contribution in [3.63, 3.8) is 0 Å². The summed E-state index contributed by atoms with van der Waals surface area (Å²) in [7, 11) is 0. The van der Waals surface area contributed by atoms with E-state index >= 15 is 0 Å². The first-order chi connectivity index (χ1) is 12.3. The highest BCUT2D eigenvalue weighted by Crippen LogP contribution is 2.31. The fraction of sp³-hybridized carbons (Fsp3) is 0.222. The van der Waals surface area contributed by atoms with Gasteiger partial charge in [0, 0.05) is 11.6 Å². The molecule has 0 aliphatic rings. The van der Waals surface area contributed by atoms with Crippen LogP contribution in [0.15, 0.2) is 48.5 Å². The maximum atomic E-state index is 13.2. The van der Waals surface area contributed by atoms with Gasteiger partial charge in [0.15, 0.2) is 0 Å². The molecule has 0 saturated carbocycles. The lowest BCUT2D eigenvalue weighted by Crippen LogP contribution is -2.31. The molecular weight excluding hydrogens is 367 g/mol. The first-order valence-corrected chi connectivity index (χ1v) is 8.26. The lowest BCUT2D eigenvalue weighted by atomic mass is 10.1. The van der Waals surface area contributed by atoms with Crippen LogP contribution in [0, 0.1) is 0 Å². The second kappa shape index (κ2) is 7.37. The number of para-hydroxylation sites is 2. The molecule has 26 heavy (non-hydrogen) atoms. The number of amides is 1. The highest BCUT2D eigenvalue weighted by atomic mass is 35.5. The van der Waals surface area contributed by atoms with Gasteiger partial charge < -0.3 is 9.88 Å².